The number of nitrogens with one attached hydrogen (secondary N) is 1. The number of rotatable bonds is 9. The van der Waals surface area contributed by atoms with Crippen molar-refractivity contribution in [2.75, 3.05) is 10.8 Å². The second-order valence-corrected chi connectivity index (χ2v) is 12.5. The maximum absolute atomic E-state index is 13.5. The number of halogens is 1. The molecule has 0 fully saturated rings. The van der Waals surface area contributed by atoms with Gasteiger partial charge in [0, 0.05) is 30.4 Å². The van der Waals surface area contributed by atoms with Crippen LogP contribution in [0.4, 0.5) is 10.1 Å². The lowest BCUT2D eigenvalue weighted by Crippen LogP contribution is -2.53. The maximum atomic E-state index is 13.5. The number of hydrogen-bond donors (Lipinski definition) is 1. The Hall–Kier alpha value is -3.46. The topological polar surface area (TPSA) is 86.8 Å². The van der Waals surface area contributed by atoms with Crippen LogP contribution in [0, 0.1) is 5.82 Å². The van der Waals surface area contributed by atoms with Gasteiger partial charge in [0.05, 0.1) is 10.6 Å². The first-order valence-electron chi connectivity index (χ1n) is 12.8. The van der Waals surface area contributed by atoms with Crippen molar-refractivity contribution in [3.8, 4) is 0 Å². The number of benzene rings is 3. The Bertz CT molecular complexity index is 1440. The lowest BCUT2D eigenvalue weighted by Gasteiger charge is -2.33. The summed E-state index contributed by atoms with van der Waals surface area (Å²) >= 11 is 0. The van der Waals surface area contributed by atoms with Crippen molar-refractivity contribution in [3.63, 3.8) is 0 Å². The molecule has 0 saturated carbocycles. The van der Waals surface area contributed by atoms with E-state index in [1.807, 2.05) is 45.9 Å². The fourth-order valence-electron chi connectivity index (χ4n) is 4.88. The molecule has 0 spiro atoms. The zero-order valence-corrected chi connectivity index (χ0v) is 23.0. The number of carbonyl (C=O) groups excluding carboxylic acids is 2. The Kier molecular flexibility index (Phi) is 7.78. The highest BCUT2D eigenvalue weighted by Gasteiger charge is 2.36. The van der Waals surface area contributed by atoms with Crippen LogP contribution in [0.1, 0.15) is 52.5 Å². The van der Waals surface area contributed by atoms with Gasteiger partial charge in [-0.2, -0.15) is 0 Å². The minimum absolute atomic E-state index is 0.0544. The molecule has 0 aliphatic carbocycles. The third kappa shape index (κ3) is 5.67. The van der Waals surface area contributed by atoms with Crippen molar-refractivity contribution >= 4 is 38.3 Å². The molecule has 0 bridgehead atoms. The van der Waals surface area contributed by atoms with E-state index in [-0.39, 0.29) is 48.5 Å². The molecule has 0 unspecified atom stereocenters. The summed E-state index contributed by atoms with van der Waals surface area (Å²) < 4.78 is 41.4. The van der Waals surface area contributed by atoms with E-state index >= 15 is 0 Å². The van der Waals surface area contributed by atoms with Crippen molar-refractivity contribution in [1.82, 2.24) is 10.2 Å². The summed E-state index contributed by atoms with van der Waals surface area (Å²) in [7, 11) is -3.72. The molecule has 0 aromatic heterocycles. The van der Waals surface area contributed by atoms with Crippen molar-refractivity contribution in [2.24, 2.45) is 0 Å². The molecule has 202 valence electrons. The van der Waals surface area contributed by atoms with Crippen molar-refractivity contribution in [2.45, 2.75) is 70.0 Å². The normalized spacial score (nSPS) is 14.9. The summed E-state index contributed by atoms with van der Waals surface area (Å²) in [5.41, 5.74) is 0.839. The van der Waals surface area contributed by atoms with Gasteiger partial charge in [0.15, 0.2) is 0 Å². The highest BCUT2D eigenvalue weighted by Crippen LogP contribution is 2.42. The highest BCUT2D eigenvalue weighted by molar-refractivity contribution is 7.93. The van der Waals surface area contributed by atoms with Crippen molar-refractivity contribution in [1.29, 1.82) is 0 Å². The molecule has 4 rings (SSSR count). The van der Waals surface area contributed by atoms with E-state index in [9.17, 15) is 22.4 Å². The van der Waals surface area contributed by atoms with Crippen LogP contribution < -0.4 is 9.62 Å². The Morgan fingerprint density at radius 3 is 2.32 bits per heavy atom. The molecule has 38 heavy (non-hydrogen) atoms. The van der Waals surface area contributed by atoms with E-state index in [0.717, 1.165) is 5.39 Å². The fourth-order valence-corrected chi connectivity index (χ4v) is 6.62. The predicted molar refractivity (Wildman–Crippen MR) is 147 cm³/mol. The molecule has 2 amide bonds. The first-order valence-corrected chi connectivity index (χ1v) is 14.3. The second kappa shape index (κ2) is 10.7. The Balaban J connectivity index is 1.53. The Labute approximate surface area is 223 Å². The van der Waals surface area contributed by atoms with Crippen LogP contribution in [0.15, 0.2) is 65.6 Å². The van der Waals surface area contributed by atoms with E-state index in [1.165, 1.54) is 21.3 Å². The quantitative estimate of drug-likeness (QED) is 0.415. The molecule has 1 aliphatic rings. The molecule has 3 aromatic carbocycles. The lowest BCUT2D eigenvalue weighted by atomic mass is 10.0. The SMILES string of the molecule is CC[C@@H](C(=O)NC(C)(C)C)N(Cc1ccc(F)cc1)C(=O)CCCN1c2cccc3cccc(c23)S1(=O)=O. The summed E-state index contributed by atoms with van der Waals surface area (Å²) in [4.78, 5) is 28.5. The van der Waals surface area contributed by atoms with Crippen molar-refractivity contribution in [3.05, 3.63) is 72.0 Å². The van der Waals surface area contributed by atoms with Crippen LogP contribution in [0.25, 0.3) is 10.8 Å². The van der Waals surface area contributed by atoms with Crippen LogP contribution in [0.3, 0.4) is 0 Å². The van der Waals surface area contributed by atoms with Crippen LogP contribution in [-0.4, -0.2) is 43.3 Å². The third-order valence-electron chi connectivity index (χ3n) is 6.58. The molecular weight excluding hydrogens is 505 g/mol. The Morgan fingerprint density at radius 1 is 1.03 bits per heavy atom. The summed E-state index contributed by atoms with van der Waals surface area (Å²) in [5.74, 6) is -0.913. The molecule has 7 nitrogen and oxygen atoms in total. The minimum atomic E-state index is -3.72. The number of nitrogens with zero attached hydrogens (tertiary/aromatic N) is 2. The number of anilines is 1. The maximum Gasteiger partial charge on any atom is 0.265 e. The van der Waals surface area contributed by atoms with Gasteiger partial charge in [0.25, 0.3) is 10.0 Å². The van der Waals surface area contributed by atoms with Gasteiger partial charge in [0.1, 0.15) is 11.9 Å². The number of carbonyl (C=O) groups is 2. The van der Waals surface area contributed by atoms with Gasteiger partial charge < -0.3 is 10.2 Å². The van der Waals surface area contributed by atoms with E-state index in [0.29, 0.717) is 23.1 Å². The minimum Gasteiger partial charge on any atom is -0.350 e. The number of sulfonamides is 1. The average molecular weight is 540 g/mol. The van der Waals surface area contributed by atoms with E-state index in [4.69, 9.17) is 0 Å². The van der Waals surface area contributed by atoms with Gasteiger partial charge in [-0.1, -0.05) is 43.3 Å². The van der Waals surface area contributed by atoms with Gasteiger partial charge in [-0.05, 0) is 68.8 Å². The van der Waals surface area contributed by atoms with Gasteiger partial charge in [0.2, 0.25) is 11.8 Å². The molecule has 1 N–H and O–H groups in total. The zero-order valence-electron chi connectivity index (χ0n) is 22.2. The fraction of sp³-hybridized carbons (Fsp3) is 0.379. The first-order chi connectivity index (χ1) is 17.9. The van der Waals surface area contributed by atoms with Crippen LogP contribution in [0.5, 0.6) is 0 Å². The van der Waals surface area contributed by atoms with Gasteiger partial charge >= 0.3 is 0 Å². The molecular formula is C29H34FN3O4S. The highest BCUT2D eigenvalue weighted by atomic mass is 32.2. The molecule has 1 aliphatic heterocycles. The van der Waals surface area contributed by atoms with Crippen molar-refractivity contribution < 1.29 is 22.4 Å². The summed E-state index contributed by atoms with van der Waals surface area (Å²) in [6.07, 6.45) is 0.727. The number of amides is 2. The van der Waals surface area contributed by atoms with E-state index in [2.05, 4.69) is 5.32 Å². The van der Waals surface area contributed by atoms with Crippen LogP contribution >= 0.6 is 0 Å². The summed E-state index contributed by atoms with van der Waals surface area (Å²) in [6, 6.07) is 15.8. The van der Waals surface area contributed by atoms with Gasteiger partial charge in [-0.15, -0.1) is 0 Å². The predicted octanol–water partition coefficient (Wildman–Crippen LogP) is 4.99. The molecule has 1 atom stereocenters. The average Bonchev–Trinajstić information content (AvgIpc) is 3.07. The summed E-state index contributed by atoms with van der Waals surface area (Å²) in [6.45, 7) is 7.74. The van der Waals surface area contributed by atoms with Gasteiger partial charge in [-0.25, -0.2) is 12.8 Å². The smallest absolute Gasteiger partial charge is 0.265 e. The lowest BCUT2D eigenvalue weighted by molar-refractivity contribution is -0.142. The van der Waals surface area contributed by atoms with Crippen LogP contribution in [-0.2, 0) is 26.2 Å². The zero-order chi connectivity index (χ0) is 27.7. The van der Waals surface area contributed by atoms with Gasteiger partial charge in [-0.3, -0.25) is 13.9 Å². The standard InChI is InChI=1S/C29H34FN3O4S/c1-5-23(28(35)31-29(2,3)4)32(19-20-14-16-22(30)17-15-20)26(34)13-8-18-33-24-11-6-9-21-10-7-12-25(27(21)24)38(33,36)37/h6-7,9-12,14-17,23H,5,8,13,18-19H2,1-4H3,(H,31,35)/t23-/m0/s1. The first kappa shape index (κ1) is 27.6. The molecule has 0 radical (unpaired) electrons. The van der Waals surface area contributed by atoms with Crippen LogP contribution in [0.2, 0.25) is 0 Å². The largest absolute Gasteiger partial charge is 0.350 e. The van der Waals surface area contributed by atoms with E-state index in [1.54, 1.807) is 30.3 Å². The Morgan fingerprint density at radius 2 is 1.68 bits per heavy atom. The monoisotopic (exact) mass is 539 g/mol. The summed E-state index contributed by atoms with van der Waals surface area (Å²) in [5, 5.41) is 4.50. The molecule has 9 heteroatoms. The molecule has 0 saturated heterocycles. The molecule has 1 heterocycles. The second-order valence-electron chi connectivity index (χ2n) is 10.6. The molecule has 3 aromatic rings. The number of hydrogen-bond acceptors (Lipinski definition) is 4. The third-order valence-corrected chi connectivity index (χ3v) is 8.44. The van der Waals surface area contributed by atoms with E-state index < -0.39 is 21.6 Å².